The largest absolute Gasteiger partial charge is 0.371 e. The van der Waals surface area contributed by atoms with Crippen molar-refractivity contribution in [2.75, 3.05) is 5.32 Å². The second-order valence-corrected chi connectivity index (χ2v) is 8.61. The van der Waals surface area contributed by atoms with Crippen LogP contribution < -0.4 is 10.6 Å². The van der Waals surface area contributed by atoms with Gasteiger partial charge in [0.1, 0.15) is 11.4 Å². The standard InChI is InChI=1S/C24H28N6O/c31-23(24(13-4-5-14-24)27-20-8-2-1-3-9-20)26-19-10-11-21-28-29-22(30(21)16-12-19)18-7-6-15-25-17-18/h1-3,6-9,15,17,19,27H,4-5,10-14,16H2,(H,26,31). The molecular formula is C24H28N6O. The lowest BCUT2D eigenvalue weighted by Gasteiger charge is -2.32. The van der Waals surface area contributed by atoms with Crippen molar-refractivity contribution in [1.29, 1.82) is 0 Å². The van der Waals surface area contributed by atoms with Crippen LogP contribution in [0.5, 0.6) is 0 Å². The topological polar surface area (TPSA) is 84.7 Å². The Bertz CT molecular complexity index is 1030. The molecule has 1 saturated carbocycles. The minimum absolute atomic E-state index is 0.129. The number of nitrogens with zero attached hydrogens (tertiary/aromatic N) is 4. The van der Waals surface area contributed by atoms with Crippen molar-refractivity contribution in [3.8, 4) is 11.4 Å². The van der Waals surface area contributed by atoms with Gasteiger partial charge in [-0.1, -0.05) is 31.0 Å². The van der Waals surface area contributed by atoms with Crippen LogP contribution in [0.3, 0.4) is 0 Å². The van der Waals surface area contributed by atoms with Crippen LogP contribution in [-0.4, -0.2) is 37.2 Å². The van der Waals surface area contributed by atoms with E-state index in [1.165, 1.54) is 0 Å². The molecule has 1 aliphatic heterocycles. The van der Waals surface area contributed by atoms with E-state index in [0.717, 1.165) is 74.4 Å². The van der Waals surface area contributed by atoms with Crippen molar-refractivity contribution < 1.29 is 4.79 Å². The smallest absolute Gasteiger partial charge is 0.245 e. The fraction of sp³-hybridized carbons (Fsp3) is 0.417. The Labute approximate surface area is 182 Å². The maximum atomic E-state index is 13.4. The zero-order valence-corrected chi connectivity index (χ0v) is 17.6. The van der Waals surface area contributed by atoms with Crippen LogP contribution in [0.4, 0.5) is 5.69 Å². The fourth-order valence-electron chi connectivity index (χ4n) is 4.85. The van der Waals surface area contributed by atoms with E-state index in [-0.39, 0.29) is 11.9 Å². The lowest BCUT2D eigenvalue weighted by molar-refractivity contribution is -0.126. The van der Waals surface area contributed by atoms with Crippen molar-refractivity contribution in [2.24, 2.45) is 0 Å². The molecule has 2 aliphatic rings. The van der Waals surface area contributed by atoms with E-state index >= 15 is 0 Å². The van der Waals surface area contributed by atoms with Gasteiger partial charge in [0.25, 0.3) is 0 Å². The first kappa shape index (κ1) is 19.7. The number of carbonyl (C=O) groups excluding carboxylic acids is 1. The highest BCUT2D eigenvalue weighted by Gasteiger charge is 2.42. The Morgan fingerprint density at radius 3 is 2.65 bits per heavy atom. The number of aryl methyl sites for hydroxylation is 1. The first-order valence-corrected chi connectivity index (χ1v) is 11.2. The molecule has 3 heterocycles. The average Bonchev–Trinajstić information content (AvgIpc) is 3.40. The zero-order valence-electron chi connectivity index (χ0n) is 17.6. The molecule has 0 spiro atoms. The molecule has 1 atom stereocenters. The van der Waals surface area contributed by atoms with Gasteiger partial charge in [-0.25, -0.2) is 0 Å². The molecule has 3 aromatic rings. The number of fused-ring (bicyclic) bond motifs is 1. The first-order valence-electron chi connectivity index (χ1n) is 11.2. The van der Waals surface area contributed by atoms with Crippen molar-refractivity contribution in [1.82, 2.24) is 25.1 Å². The van der Waals surface area contributed by atoms with Crippen LogP contribution in [0.2, 0.25) is 0 Å². The second kappa shape index (κ2) is 8.49. The molecule has 1 unspecified atom stereocenters. The van der Waals surface area contributed by atoms with E-state index in [1.54, 1.807) is 6.20 Å². The minimum atomic E-state index is -0.510. The Morgan fingerprint density at radius 2 is 1.87 bits per heavy atom. The molecule has 0 bridgehead atoms. The molecular weight excluding hydrogens is 388 g/mol. The third kappa shape index (κ3) is 4.04. The quantitative estimate of drug-likeness (QED) is 0.664. The van der Waals surface area contributed by atoms with Gasteiger partial charge in [-0.2, -0.15) is 0 Å². The first-order chi connectivity index (χ1) is 15.2. The molecule has 7 heteroatoms. The van der Waals surface area contributed by atoms with E-state index in [2.05, 4.69) is 30.4 Å². The third-order valence-electron chi connectivity index (χ3n) is 6.55. The van der Waals surface area contributed by atoms with Crippen LogP contribution in [0.25, 0.3) is 11.4 Å². The molecule has 0 saturated heterocycles. The molecule has 2 N–H and O–H groups in total. The summed E-state index contributed by atoms with van der Waals surface area (Å²) in [6, 6.07) is 14.1. The molecule has 31 heavy (non-hydrogen) atoms. The summed E-state index contributed by atoms with van der Waals surface area (Å²) in [4.78, 5) is 17.6. The number of amides is 1. The number of hydrogen-bond acceptors (Lipinski definition) is 5. The molecule has 1 fully saturated rings. The Morgan fingerprint density at radius 1 is 1.03 bits per heavy atom. The highest BCUT2D eigenvalue weighted by molar-refractivity contribution is 5.90. The third-order valence-corrected chi connectivity index (χ3v) is 6.55. The molecule has 0 radical (unpaired) electrons. The summed E-state index contributed by atoms with van der Waals surface area (Å²) in [7, 11) is 0. The second-order valence-electron chi connectivity index (χ2n) is 8.61. The fourth-order valence-corrected chi connectivity index (χ4v) is 4.85. The van der Waals surface area contributed by atoms with Crippen LogP contribution in [0.15, 0.2) is 54.9 Å². The maximum Gasteiger partial charge on any atom is 0.245 e. The number of rotatable bonds is 5. The Kier molecular flexibility index (Phi) is 5.40. The number of benzene rings is 1. The predicted octanol–water partition coefficient (Wildman–Crippen LogP) is 3.59. The lowest BCUT2D eigenvalue weighted by atomic mass is 9.94. The van der Waals surface area contributed by atoms with E-state index in [1.807, 2.05) is 48.7 Å². The Balaban J connectivity index is 1.28. The molecule has 160 valence electrons. The normalized spacial score (nSPS) is 19.9. The molecule has 2 aromatic heterocycles. The monoisotopic (exact) mass is 416 g/mol. The lowest BCUT2D eigenvalue weighted by Crippen LogP contribution is -2.53. The maximum absolute atomic E-state index is 13.4. The average molecular weight is 417 g/mol. The predicted molar refractivity (Wildman–Crippen MR) is 119 cm³/mol. The highest BCUT2D eigenvalue weighted by atomic mass is 16.2. The molecule has 1 amide bonds. The van der Waals surface area contributed by atoms with Crippen LogP contribution in [-0.2, 0) is 17.8 Å². The van der Waals surface area contributed by atoms with Crippen molar-refractivity contribution in [3.05, 3.63) is 60.7 Å². The summed E-state index contributed by atoms with van der Waals surface area (Å²) in [5.41, 5.74) is 1.47. The van der Waals surface area contributed by atoms with Crippen molar-refractivity contribution in [2.45, 2.75) is 63.1 Å². The van der Waals surface area contributed by atoms with Gasteiger partial charge in [-0.3, -0.25) is 9.78 Å². The number of anilines is 1. The summed E-state index contributed by atoms with van der Waals surface area (Å²) in [5.74, 6) is 1.96. The summed E-state index contributed by atoms with van der Waals surface area (Å²) in [6.45, 7) is 0.788. The van der Waals surface area contributed by atoms with E-state index in [0.29, 0.717) is 0 Å². The SMILES string of the molecule is O=C(NC1CCc2nnc(-c3cccnc3)n2CC1)C1(Nc2ccccc2)CCCC1. The van der Waals surface area contributed by atoms with Gasteiger partial charge in [-0.15, -0.1) is 10.2 Å². The number of para-hydroxylation sites is 1. The van der Waals surface area contributed by atoms with Gasteiger partial charge in [0, 0.05) is 42.7 Å². The summed E-state index contributed by atoms with van der Waals surface area (Å²) in [6.07, 6.45) is 10.0. The minimum Gasteiger partial charge on any atom is -0.371 e. The van der Waals surface area contributed by atoms with Gasteiger partial charge in [0.15, 0.2) is 5.82 Å². The van der Waals surface area contributed by atoms with Crippen molar-refractivity contribution >= 4 is 11.6 Å². The Hall–Kier alpha value is -3.22. The van der Waals surface area contributed by atoms with Crippen LogP contribution >= 0.6 is 0 Å². The van der Waals surface area contributed by atoms with Gasteiger partial charge in [0.2, 0.25) is 5.91 Å². The van der Waals surface area contributed by atoms with E-state index in [4.69, 9.17) is 0 Å². The van der Waals surface area contributed by atoms with E-state index in [9.17, 15) is 4.79 Å². The number of nitrogens with one attached hydrogen (secondary N) is 2. The van der Waals surface area contributed by atoms with Crippen LogP contribution in [0, 0.1) is 0 Å². The molecule has 1 aromatic carbocycles. The molecule has 7 nitrogen and oxygen atoms in total. The highest BCUT2D eigenvalue weighted by Crippen LogP contribution is 2.34. The number of aromatic nitrogens is 4. The van der Waals surface area contributed by atoms with E-state index < -0.39 is 5.54 Å². The molecule has 5 rings (SSSR count). The van der Waals surface area contributed by atoms with Crippen LogP contribution in [0.1, 0.15) is 44.3 Å². The number of hydrogen-bond donors (Lipinski definition) is 2. The summed E-state index contributed by atoms with van der Waals surface area (Å²) in [5, 5.41) is 15.7. The van der Waals surface area contributed by atoms with Crippen molar-refractivity contribution in [3.63, 3.8) is 0 Å². The van der Waals surface area contributed by atoms with Gasteiger partial charge < -0.3 is 15.2 Å². The molecule has 1 aliphatic carbocycles. The summed E-state index contributed by atoms with van der Waals surface area (Å²) >= 11 is 0. The number of carbonyl (C=O) groups is 1. The van der Waals surface area contributed by atoms with Gasteiger partial charge in [0.05, 0.1) is 0 Å². The van der Waals surface area contributed by atoms with Gasteiger partial charge in [-0.05, 0) is 49.9 Å². The van der Waals surface area contributed by atoms with Gasteiger partial charge >= 0.3 is 0 Å². The number of pyridine rings is 1. The zero-order chi connectivity index (χ0) is 21.1. The summed E-state index contributed by atoms with van der Waals surface area (Å²) < 4.78 is 2.18.